The van der Waals surface area contributed by atoms with E-state index < -0.39 is 9.05 Å². The van der Waals surface area contributed by atoms with E-state index in [2.05, 4.69) is 0 Å². The van der Waals surface area contributed by atoms with Crippen LogP contribution in [0.25, 0.3) is 0 Å². The fraction of sp³-hybridized carbons (Fsp3) is 0.333. The molecule has 0 atom stereocenters. The fourth-order valence-electron chi connectivity index (χ4n) is 1.97. The Morgan fingerprint density at radius 3 is 2.35 bits per heavy atom. The first-order valence-electron chi connectivity index (χ1n) is 5.84. The third kappa shape index (κ3) is 3.31. The van der Waals surface area contributed by atoms with E-state index in [9.17, 15) is 18.0 Å². The Morgan fingerprint density at radius 2 is 1.80 bits per heavy atom. The molecule has 0 spiro atoms. The number of ketones is 1. The predicted molar refractivity (Wildman–Crippen MR) is 74.6 cm³/mol. The van der Waals surface area contributed by atoms with Crippen LogP contribution in [0.3, 0.4) is 0 Å². The summed E-state index contributed by atoms with van der Waals surface area (Å²) in [6.07, 6.45) is 0.639. The van der Waals surface area contributed by atoms with Crippen LogP contribution in [0.1, 0.15) is 23.2 Å². The number of carbonyl (C=O) groups is 2. The number of nitrogens with zero attached hydrogens (tertiary/aromatic N) is 1. The van der Waals surface area contributed by atoms with E-state index in [1.54, 1.807) is 0 Å². The van der Waals surface area contributed by atoms with Crippen LogP contribution < -0.4 is 0 Å². The monoisotopic (exact) mass is 335 g/mol. The number of carbonyl (C=O) groups excluding carboxylic acids is 2. The smallest absolute Gasteiger partial charge is 0.262 e. The van der Waals surface area contributed by atoms with Crippen LogP contribution in [0.5, 0.6) is 0 Å². The summed E-state index contributed by atoms with van der Waals surface area (Å²) in [5.41, 5.74) is 0.183. The lowest BCUT2D eigenvalue weighted by molar-refractivity contribution is -0.120. The lowest BCUT2D eigenvalue weighted by Crippen LogP contribution is -2.38. The number of hydrogen-bond donors (Lipinski definition) is 0. The second-order valence-corrected chi connectivity index (χ2v) is 7.36. The number of benzene rings is 1. The molecule has 1 aliphatic heterocycles. The molecule has 1 fully saturated rings. The van der Waals surface area contributed by atoms with Crippen molar-refractivity contribution in [1.82, 2.24) is 4.90 Å². The van der Waals surface area contributed by atoms with E-state index in [0.29, 0.717) is 25.9 Å². The summed E-state index contributed by atoms with van der Waals surface area (Å²) >= 11 is 5.76. The third-order valence-electron chi connectivity index (χ3n) is 3.05. The van der Waals surface area contributed by atoms with Gasteiger partial charge in [0, 0.05) is 42.2 Å². The second-order valence-electron chi connectivity index (χ2n) is 4.41. The molecule has 1 saturated heterocycles. The summed E-state index contributed by atoms with van der Waals surface area (Å²) in [5, 5.41) is -0.0367. The Kier molecular flexibility index (Phi) is 4.36. The number of Topliss-reactive ketones (excluding diaryl/α,β-unsaturated/α-hetero) is 1. The van der Waals surface area contributed by atoms with Crippen LogP contribution in [-0.4, -0.2) is 38.1 Å². The molecule has 0 radical (unpaired) electrons. The summed E-state index contributed by atoms with van der Waals surface area (Å²) < 4.78 is 22.7. The van der Waals surface area contributed by atoms with E-state index >= 15 is 0 Å². The van der Waals surface area contributed by atoms with Crippen LogP contribution in [0.4, 0.5) is 0 Å². The Morgan fingerprint density at radius 1 is 1.20 bits per heavy atom. The molecule has 0 N–H and O–H groups in total. The summed E-state index contributed by atoms with van der Waals surface area (Å²) in [5.74, 6) is -0.218. The van der Waals surface area contributed by atoms with Gasteiger partial charge in [0.05, 0.1) is 5.02 Å². The minimum absolute atomic E-state index is 0.0367. The van der Waals surface area contributed by atoms with E-state index in [1.165, 1.54) is 17.0 Å². The molecule has 20 heavy (non-hydrogen) atoms. The summed E-state index contributed by atoms with van der Waals surface area (Å²) in [7, 11) is 1.25. The van der Waals surface area contributed by atoms with Gasteiger partial charge in [-0.1, -0.05) is 11.6 Å². The molecular formula is C12H11Cl2NO4S. The molecule has 0 saturated carbocycles. The predicted octanol–water partition coefficient (Wildman–Crippen LogP) is 2.07. The maximum Gasteiger partial charge on any atom is 0.262 e. The molecule has 5 nitrogen and oxygen atoms in total. The number of amides is 1. The van der Waals surface area contributed by atoms with Crippen LogP contribution in [0.2, 0.25) is 5.02 Å². The Balaban J connectivity index is 2.29. The quantitative estimate of drug-likeness (QED) is 0.775. The molecule has 8 heteroatoms. The summed E-state index contributed by atoms with van der Waals surface area (Å²) in [4.78, 5) is 24.6. The number of likely N-dealkylation sites (tertiary alicyclic amines) is 1. The number of rotatable bonds is 2. The molecule has 0 aliphatic carbocycles. The fourth-order valence-corrected chi connectivity index (χ4v) is 3.46. The normalized spacial score (nSPS) is 16.3. The molecule has 1 aliphatic rings. The molecular weight excluding hydrogens is 325 g/mol. The molecule has 108 valence electrons. The van der Waals surface area contributed by atoms with Crippen LogP contribution in [0, 0.1) is 0 Å². The van der Waals surface area contributed by atoms with E-state index in [4.69, 9.17) is 22.3 Å². The van der Waals surface area contributed by atoms with Crippen molar-refractivity contribution in [3.8, 4) is 0 Å². The highest BCUT2D eigenvalue weighted by Crippen LogP contribution is 2.26. The van der Waals surface area contributed by atoms with Gasteiger partial charge in [0.2, 0.25) is 0 Å². The minimum atomic E-state index is -4.01. The highest BCUT2D eigenvalue weighted by atomic mass is 35.7. The van der Waals surface area contributed by atoms with E-state index in [-0.39, 0.29) is 27.2 Å². The van der Waals surface area contributed by atoms with Crippen molar-refractivity contribution in [2.75, 3.05) is 13.1 Å². The maximum absolute atomic E-state index is 12.2. The van der Waals surface area contributed by atoms with Gasteiger partial charge in [0.1, 0.15) is 10.7 Å². The zero-order chi connectivity index (χ0) is 14.9. The van der Waals surface area contributed by atoms with Crippen LogP contribution in [0.15, 0.2) is 23.1 Å². The Labute approximate surface area is 125 Å². The van der Waals surface area contributed by atoms with Gasteiger partial charge in [-0.15, -0.1) is 0 Å². The third-order valence-corrected chi connectivity index (χ3v) is 4.85. The van der Waals surface area contributed by atoms with E-state index in [1.807, 2.05) is 0 Å². The summed E-state index contributed by atoms with van der Waals surface area (Å²) in [6.45, 7) is 0.673. The van der Waals surface area contributed by atoms with Gasteiger partial charge in [0.15, 0.2) is 0 Å². The zero-order valence-electron chi connectivity index (χ0n) is 10.3. The molecule has 1 aromatic carbocycles. The highest BCUT2D eigenvalue weighted by molar-refractivity contribution is 8.13. The first-order chi connectivity index (χ1) is 9.29. The average Bonchev–Trinajstić information content (AvgIpc) is 2.38. The van der Waals surface area contributed by atoms with Gasteiger partial charge in [-0.25, -0.2) is 8.42 Å². The second kappa shape index (κ2) is 5.71. The first kappa shape index (κ1) is 15.3. The first-order valence-corrected chi connectivity index (χ1v) is 8.53. The highest BCUT2D eigenvalue weighted by Gasteiger charge is 2.24. The minimum Gasteiger partial charge on any atom is -0.338 e. The topological polar surface area (TPSA) is 71.5 Å². The van der Waals surface area contributed by atoms with Crippen molar-refractivity contribution in [2.45, 2.75) is 17.7 Å². The molecule has 0 aromatic heterocycles. The van der Waals surface area contributed by atoms with Crippen molar-refractivity contribution in [3.05, 3.63) is 28.8 Å². The molecule has 1 heterocycles. The number of piperidine rings is 1. The summed E-state index contributed by atoms with van der Waals surface area (Å²) in [6, 6.07) is 3.91. The standard InChI is InChI=1S/C12H11Cl2NO4S/c13-10-2-1-8(7-11(10)20(14,18)19)12(17)15-5-3-9(16)4-6-15/h1-2,7H,3-6H2. The van der Waals surface area contributed by atoms with Crippen molar-refractivity contribution < 1.29 is 18.0 Å². The Bertz CT molecular complexity index is 662. The van der Waals surface area contributed by atoms with Crippen LogP contribution in [-0.2, 0) is 13.8 Å². The maximum atomic E-state index is 12.2. The molecule has 0 unspecified atom stereocenters. The Hall–Kier alpha value is -1.11. The van der Waals surface area contributed by atoms with Gasteiger partial charge in [-0.3, -0.25) is 9.59 Å². The lowest BCUT2D eigenvalue weighted by Gasteiger charge is -2.26. The van der Waals surface area contributed by atoms with Gasteiger partial charge in [-0.2, -0.15) is 0 Å². The van der Waals surface area contributed by atoms with Crippen molar-refractivity contribution in [3.63, 3.8) is 0 Å². The van der Waals surface area contributed by atoms with Crippen LogP contribution >= 0.6 is 22.3 Å². The number of halogens is 2. The van der Waals surface area contributed by atoms with Crippen molar-refractivity contribution in [2.24, 2.45) is 0 Å². The lowest BCUT2D eigenvalue weighted by atomic mass is 10.1. The van der Waals surface area contributed by atoms with Gasteiger partial charge < -0.3 is 4.90 Å². The van der Waals surface area contributed by atoms with Gasteiger partial charge in [-0.05, 0) is 18.2 Å². The van der Waals surface area contributed by atoms with Crippen molar-refractivity contribution >= 4 is 43.0 Å². The molecule has 1 amide bonds. The van der Waals surface area contributed by atoms with Gasteiger partial charge in [0.25, 0.3) is 15.0 Å². The molecule has 1 aromatic rings. The van der Waals surface area contributed by atoms with Crippen molar-refractivity contribution in [1.29, 1.82) is 0 Å². The largest absolute Gasteiger partial charge is 0.338 e. The van der Waals surface area contributed by atoms with E-state index in [0.717, 1.165) is 6.07 Å². The molecule has 2 rings (SSSR count). The zero-order valence-corrected chi connectivity index (χ0v) is 12.6. The average molecular weight is 336 g/mol. The number of hydrogen-bond acceptors (Lipinski definition) is 4. The van der Waals surface area contributed by atoms with Gasteiger partial charge >= 0.3 is 0 Å². The molecule has 0 bridgehead atoms. The SMILES string of the molecule is O=C1CCN(C(=O)c2ccc(Cl)c(S(=O)(=O)Cl)c2)CC1.